The van der Waals surface area contributed by atoms with E-state index in [0.717, 1.165) is 19.5 Å². The van der Waals surface area contributed by atoms with Gasteiger partial charge >= 0.3 is 6.03 Å². The van der Waals surface area contributed by atoms with Crippen molar-refractivity contribution in [2.24, 2.45) is 0 Å². The molecular weight excluding hydrogens is 218 g/mol. The summed E-state index contributed by atoms with van der Waals surface area (Å²) in [5.74, 6) is 0. The maximum absolute atomic E-state index is 11.7. The fourth-order valence-corrected chi connectivity index (χ4v) is 2.12. The molecule has 0 unspecified atom stereocenters. The van der Waals surface area contributed by atoms with Crippen LogP contribution in [0.4, 0.5) is 4.79 Å². The third kappa shape index (κ3) is 4.91. The lowest BCUT2D eigenvalue weighted by Gasteiger charge is -2.21. The van der Waals surface area contributed by atoms with Gasteiger partial charge in [0.05, 0.1) is 12.6 Å². The maximum atomic E-state index is 11.7. The van der Waals surface area contributed by atoms with Crippen molar-refractivity contribution in [3.63, 3.8) is 0 Å². The molecule has 0 radical (unpaired) electrons. The van der Waals surface area contributed by atoms with Crippen LogP contribution in [0, 0.1) is 0 Å². The highest BCUT2D eigenvalue weighted by atomic mass is 16.5. The average Bonchev–Trinajstić information content (AvgIpc) is 2.66. The smallest absolute Gasteiger partial charge is 0.315 e. The Morgan fingerprint density at radius 1 is 1.47 bits per heavy atom. The van der Waals surface area contributed by atoms with E-state index in [1.165, 1.54) is 0 Å². The highest BCUT2D eigenvalue weighted by Crippen LogP contribution is 2.11. The van der Waals surface area contributed by atoms with Crippen LogP contribution in [0.1, 0.15) is 27.2 Å². The van der Waals surface area contributed by atoms with Gasteiger partial charge in [0.15, 0.2) is 0 Å². The van der Waals surface area contributed by atoms with E-state index in [1.807, 2.05) is 6.92 Å². The van der Waals surface area contributed by atoms with E-state index in [4.69, 9.17) is 4.74 Å². The van der Waals surface area contributed by atoms with Crippen LogP contribution in [0.3, 0.4) is 0 Å². The summed E-state index contributed by atoms with van der Waals surface area (Å²) >= 11 is 0. The fourth-order valence-electron chi connectivity index (χ4n) is 2.12. The van der Waals surface area contributed by atoms with Gasteiger partial charge in [-0.15, -0.1) is 0 Å². The van der Waals surface area contributed by atoms with Crippen molar-refractivity contribution in [2.45, 2.75) is 45.3 Å². The van der Waals surface area contributed by atoms with Crippen molar-refractivity contribution in [1.82, 2.24) is 15.5 Å². The van der Waals surface area contributed by atoms with Gasteiger partial charge in [-0.3, -0.25) is 4.90 Å². The van der Waals surface area contributed by atoms with Crippen molar-refractivity contribution < 1.29 is 9.53 Å². The van der Waals surface area contributed by atoms with Gasteiger partial charge in [0.2, 0.25) is 0 Å². The van der Waals surface area contributed by atoms with Gasteiger partial charge in [0.1, 0.15) is 0 Å². The monoisotopic (exact) mass is 243 g/mol. The van der Waals surface area contributed by atoms with Gasteiger partial charge < -0.3 is 15.4 Å². The van der Waals surface area contributed by atoms with Crippen LogP contribution < -0.4 is 10.6 Å². The van der Waals surface area contributed by atoms with Crippen LogP contribution in [0.2, 0.25) is 0 Å². The number of hydrogen-bond acceptors (Lipinski definition) is 3. The summed E-state index contributed by atoms with van der Waals surface area (Å²) in [4.78, 5) is 14.0. The number of nitrogens with one attached hydrogen (secondary N) is 2. The predicted molar refractivity (Wildman–Crippen MR) is 68.1 cm³/mol. The number of carbonyl (C=O) groups is 1. The molecule has 2 atom stereocenters. The minimum Gasteiger partial charge on any atom is -0.383 e. The molecule has 100 valence electrons. The topological polar surface area (TPSA) is 53.6 Å². The summed E-state index contributed by atoms with van der Waals surface area (Å²) in [6.07, 6.45) is 1.03. The molecule has 0 aromatic rings. The van der Waals surface area contributed by atoms with Gasteiger partial charge in [-0.05, 0) is 27.2 Å². The standard InChI is InChI=1S/C12H25N3O2/c1-9(2)15-6-5-11(7-15)14-12(16)13-10(3)8-17-4/h9-11H,5-8H2,1-4H3,(H2,13,14,16)/t10-,11-/m1/s1. The fraction of sp³-hybridized carbons (Fsp3) is 0.917. The summed E-state index contributed by atoms with van der Waals surface area (Å²) in [6.45, 7) is 8.85. The molecule has 2 N–H and O–H groups in total. The third-order valence-electron chi connectivity index (χ3n) is 3.08. The zero-order valence-corrected chi connectivity index (χ0v) is 11.3. The van der Waals surface area contributed by atoms with Crippen molar-refractivity contribution in [1.29, 1.82) is 0 Å². The van der Waals surface area contributed by atoms with Crippen LogP contribution in [-0.2, 0) is 4.74 Å². The predicted octanol–water partition coefficient (Wildman–Crippen LogP) is 0.803. The van der Waals surface area contributed by atoms with Crippen LogP contribution in [0.15, 0.2) is 0 Å². The minimum atomic E-state index is -0.0924. The Hall–Kier alpha value is -0.810. The highest BCUT2D eigenvalue weighted by molar-refractivity contribution is 5.74. The molecule has 0 spiro atoms. The molecule has 1 heterocycles. The lowest BCUT2D eigenvalue weighted by molar-refractivity contribution is 0.170. The van der Waals surface area contributed by atoms with Crippen molar-refractivity contribution >= 4 is 6.03 Å². The molecule has 0 aromatic heterocycles. The largest absolute Gasteiger partial charge is 0.383 e. The Morgan fingerprint density at radius 2 is 2.18 bits per heavy atom. The number of nitrogens with zero attached hydrogens (tertiary/aromatic N) is 1. The first kappa shape index (κ1) is 14.3. The second-order valence-electron chi connectivity index (χ2n) is 5.05. The molecule has 0 aromatic carbocycles. The number of amides is 2. The number of rotatable bonds is 5. The summed E-state index contributed by atoms with van der Waals surface area (Å²) in [5, 5.41) is 5.86. The van der Waals surface area contributed by atoms with E-state index in [2.05, 4.69) is 29.4 Å². The molecule has 1 rings (SSSR count). The molecule has 1 aliphatic heterocycles. The Balaban J connectivity index is 2.24. The zero-order valence-electron chi connectivity index (χ0n) is 11.3. The summed E-state index contributed by atoms with van der Waals surface area (Å²) in [6, 6.07) is 0.775. The molecule has 1 aliphatic rings. The number of methoxy groups -OCH3 is 1. The van der Waals surface area contributed by atoms with Gasteiger partial charge in [-0.2, -0.15) is 0 Å². The molecule has 1 saturated heterocycles. The molecule has 17 heavy (non-hydrogen) atoms. The highest BCUT2D eigenvalue weighted by Gasteiger charge is 2.25. The number of ether oxygens (including phenoxy) is 1. The molecule has 2 amide bonds. The molecule has 0 bridgehead atoms. The second kappa shape index (κ2) is 6.81. The van der Waals surface area contributed by atoms with E-state index in [0.29, 0.717) is 12.6 Å². The number of likely N-dealkylation sites (tertiary alicyclic amines) is 1. The van der Waals surface area contributed by atoms with Crippen LogP contribution >= 0.6 is 0 Å². The average molecular weight is 243 g/mol. The maximum Gasteiger partial charge on any atom is 0.315 e. The first-order valence-corrected chi connectivity index (χ1v) is 6.33. The SMILES string of the molecule is COC[C@@H](C)NC(=O)N[C@@H]1CCN(C(C)C)C1. The van der Waals surface area contributed by atoms with Crippen LogP contribution in [-0.4, -0.2) is 55.9 Å². The Kier molecular flexibility index (Phi) is 5.71. The first-order chi connectivity index (χ1) is 8.02. The summed E-state index contributed by atoms with van der Waals surface area (Å²) in [7, 11) is 1.63. The van der Waals surface area contributed by atoms with Gasteiger partial charge in [-0.25, -0.2) is 4.79 Å². The van der Waals surface area contributed by atoms with Gasteiger partial charge in [0, 0.05) is 32.3 Å². The van der Waals surface area contributed by atoms with E-state index >= 15 is 0 Å². The molecule has 1 fully saturated rings. The van der Waals surface area contributed by atoms with Gasteiger partial charge in [0.25, 0.3) is 0 Å². The summed E-state index contributed by atoms with van der Waals surface area (Å²) < 4.78 is 4.97. The second-order valence-corrected chi connectivity index (χ2v) is 5.05. The number of hydrogen-bond donors (Lipinski definition) is 2. The molecule has 5 nitrogen and oxygen atoms in total. The third-order valence-corrected chi connectivity index (χ3v) is 3.08. The van der Waals surface area contributed by atoms with Crippen LogP contribution in [0.5, 0.6) is 0 Å². The summed E-state index contributed by atoms with van der Waals surface area (Å²) in [5.41, 5.74) is 0. The van der Waals surface area contributed by atoms with Crippen LogP contribution in [0.25, 0.3) is 0 Å². The Labute approximate surface area is 104 Å². The number of urea groups is 1. The lowest BCUT2D eigenvalue weighted by atomic mass is 10.3. The van der Waals surface area contributed by atoms with E-state index in [1.54, 1.807) is 7.11 Å². The van der Waals surface area contributed by atoms with E-state index in [-0.39, 0.29) is 18.1 Å². The van der Waals surface area contributed by atoms with Crippen molar-refractivity contribution in [2.75, 3.05) is 26.8 Å². The first-order valence-electron chi connectivity index (χ1n) is 6.33. The lowest BCUT2D eigenvalue weighted by Crippen LogP contribution is -2.47. The van der Waals surface area contributed by atoms with E-state index in [9.17, 15) is 4.79 Å². The normalized spacial score (nSPS) is 22.8. The van der Waals surface area contributed by atoms with Crippen molar-refractivity contribution in [3.05, 3.63) is 0 Å². The molecular formula is C12H25N3O2. The number of carbonyl (C=O) groups excluding carboxylic acids is 1. The Bertz CT molecular complexity index is 246. The quantitative estimate of drug-likeness (QED) is 0.751. The Morgan fingerprint density at radius 3 is 2.71 bits per heavy atom. The van der Waals surface area contributed by atoms with Gasteiger partial charge in [-0.1, -0.05) is 0 Å². The molecule has 0 saturated carbocycles. The molecule has 5 heteroatoms. The zero-order chi connectivity index (χ0) is 12.8. The van der Waals surface area contributed by atoms with E-state index < -0.39 is 0 Å². The minimum absolute atomic E-state index is 0.0441. The molecule has 0 aliphatic carbocycles. The van der Waals surface area contributed by atoms with Crippen molar-refractivity contribution in [3.8, 4) is 0 Å².